The molecule has 0 radical (unpaired) electrons. The highest BCUT2D eigenvalue weighted by atomic mass is 16.6. The summed E-state index contributed by atoms with van der Waals surface area (Å²) in [5.74, 6) is 0.257. The second-order valence-electron chi connectivity index (χ2n) is 5.74. The van der Waals surface area contributed by atoms with Crippen molar-refractivity contribution in [1.29, 1.82) is 0 Å². The third kappa shape index (κ3) is 1.96. The van der Waals surface area contributed by atoms with Crippen LogP contribution < -0.4 is 0 Å². The van der Waals surface area contributed by atoms with Gasteiger partial charge in [-0.3, -0.25) is 4.90 Å². The summed E-state index contributed by atoms with van der Waals surface area (Å²) in [5.41, 5.74) is 0.332. The van der Waals surface area contributed by atoms with Gasteiger partial charge in [-0.2, -0.15) is 0 Å². The first-order chi connectivity index (χ1) is 7.97. The second-order valence-corrected chi connectivity index (χ2v) is 5.74. The van der Waals surface area contributed by atoms with E-state index in [0.29, 0.717) is 6.04 Å². The number of cyclic esters (lactones) is 1. The van der Waals surface area contributed by atoms with Gasteiger partial charge in [-0.25, -0.2) is 4.79 Å². The molecule has 1 unspecified atom stereocenters. The molecule has 2 aliphatic rings. The normalized spacial score (nSPS) is 31.2. The summed E-state index contributed by atoms with van der Waals surface area (Å²) in [7, 11) is 0. The molecule has 3 heteroatoms. The van der Waals surface area contributed by atoms with Crippen molar-refractivity contribution < 1.29 is 9.53 Å². The number of amides is 1. The van der Waals surface area contributed by atoms with Gasteiger partial charge in [-0.05, 0) is 25.7 Å². The van der Waals surface area contributed by atoms with Crippen molar-refractivity contribution in [2.24, 2.45) is 5.92 Å². The lowest BCUT2D eigenvalue weighted by Crippen LogP contribution is -2.38. The Hall–Kier alpha value is -0.990. The van der Waals surface area contributed by atoms with E-state index in [1.54, 1.807) is 0 Å². The number of rotatable bonds is 2. The molecule has 96 valence electrons. The monoisotopic (exact) mass is 237 g/mol. The van der Waals surface area contributed by atoms with Crippen molar-refractivity contribution in [2.75, 3.05) is 0 Å². The molecule has 1 amide bonds. The Morgan fingerprint density at radius 3 is 2.41 bits per heavy atom. The van der Waals surface area contributed by atoms with E-state index >= 15 is 0 Å². The molecule has 1 saturated carbocycles. The summed E-state index contributed by atoms with van der Waals surface area (Å²) in [6.45, 7) is 10.2. The van der Waals surface area contributed by atoms with E-state index in [2.05, 4.69) is 20.4 Å². The molecule has 0 spiro atoms. The molecule has 0 aromatic rings. The summed E-state index contributed by atoms with van der Waals surface area (Å²) in [4.78, 5) is 13.9. The molecule has 0 bridgehead atoms. The second kappa shape index (κ2) is 4.35. The molecule has 1 saturated heterocycles. The van der Waals surface area contributed by atoms with Crippen LogP contribution in [0.2, 0.25) is 0 Å². The minimum atomic E-state index is -0.519. The molecule has 2 rings (SSSR count). The number of hydrogen-bond donors (Lipinski definition) is 0. The van der Waals surface area contributed by atoms with Crippen LogP contribution in [0.1, 0.15) is 52.9 Å². The predicted octanol–water partition coefficient (Wildman–Crippen LogP) is 3.70. The molecule has 17 heavy (non-hydrogen) atoms. The SMILES string of the molecule is C=C1N(C2CCCCC2)C(=O)OC1(C)C(C)C. The van der Waals surface area contributed by atoms with Crippen LogP contribution in [0.5, 0.6) is 0 Å². The molecule has 0 aromatic carbocycles. The summed E-state index contributed by atoms with van der Waals surface area (Å²) in [6.07, 6.45) is 5.68. The zero-order valence-electron chi connectivity index (χ0n) is 11.2. The average Bonchev–Trinajstić information content (AvgIpc) is 2.52. The van der Waals surface area contributed by atoms with Gasteiger partial charge >= 0.3 is 6.09 Å². The Morgan fingerprint density at radius 1 is 1.35 bits per heavy atom. The number of carbonyl (C=O) groups excluding carboxylic acids is 1. The summed E-state index contributed by atoms with van der Waals surface area (Å²) >= 11 is 0. The fourth-order valence-electron chi connectivity index (χ4n) is 2.80. The molecule has 1 heterocycles. The highest BCUT2D eigenvalue weighted by Gasteiger charge is 2.49. The largest absolute Gasteiger partial charge is 0.436 e. The van der Waals surface area contributed by atoms with Crippen LogP contribution >= 0.6 is 0 Å². The average molecular weight is 237 g/mol. The third-order valence-electron chi connectivity index (χ3n) is 4.40. The van der Waals surface area contributed by atoms with Gasteiger partial charge in [0.05, 0.1) is 5.70 Å². The Morgan fingerprint density at radius 2 is 1.94 bits per heavy atom. The third-order valence-corrected chi connectivity index (χ3v) is 4.40. The lowest BCUT2D eigenvalue weighted by atomic mass is 9.87. The highest BCUT2D eigenvalue weighted by molar-refractivity contribution is 5.75. The molecule has 2 fully saturated rings. The zero-order chi connectivity index (χ0) is 12.6. The van der Waals surface area contributed by atoms with Crippen LogP contribution in [-0.2, 0) is 4.74 Å². The lowest BCUT2D eigenvalue weighted by Gasteiger charge is -2.32. The Labute approximate surface area is 104 Å². The van der Waals surface area contributed by atoms with Crippen LogP contribution in [0.4, 0.5) is 4.79 Å². The number of carbonyl (C=O) groups is 1. The van der Waals surface area contributed by atoms with E-state index in [9.17, 15) is 4.79 Å². The van der Waals surface area contributed by atoms with Gasteiger partial charge in [0, 0.05) is 6.04 Å². The van der Waals surface area contributed by atoms with E-state index in [-0.39, 0.29) is 12.0 Å². The maximum Gasteiger partial charge on any atom is 0.415 e. The molecule has 1 atom stereocenters. The van der Waals surface area contributed by atoms with Crippen molar-refractivity contribution in [3.8, 4) is 0 Å². The van der Waals surface area contributed by atoms with Crippen LogP contribution in [0, 0.1) is 5.92 Å². The first-order valence-corrected chi connectivity index (χ1v) is 6.68. The van der Waals surface area contributed by atoms with Crippen LogP contribution in [-0.4, -0.2) is 22.6 Å². The van der Waals surface area contributed by atoms with E-state index in [1.165, 1.54) is 19.3 Å². The molecular weight excluding hydrogens is 214 g/mol. The highest BCUT2D eigenvalue weighted by Crippen LogP contribution is 2.41. The van der Waals surface area contributed by atoms with Crippen LogP contribution in [0.15, 0.2) is 12.3 Å². The Balaban J connectivity index is 2.19. The van der Waals surface area contributed by atoms with E-state index in [1.807, 2.05) is 11.8 Å². The predicted molar refractivity (Wildman–Crippen MR) is 67.6 cm³/mol. The lowest BCUT2D eigenvalue weighted by molar-refractivity contribution is 0.0477. The molecule has 0 aromatic heterocycles. The first-order valence-electron chi connectivity index (χ1n) is 6.68. The summed E-state index contributed by atoms with van der Waals surface area (Å²) < 4.78 is 5.58. The van der Waals surface area contributed by atoms with Gasteiger partial charge in [0.25, 0.3) is 0 Å². The van der Waals surface area contributed by atoms with E-state index < -0.39 is 5.60 Å². The van der Waals surface area contributed by atoms with Gasteiger partial charge in [0.1, 0.15) is 0 Å². The number of ether oxygens (including phenoxy) is 1. The standard InChI is InChI=1S/C14H23NO2/c1-10(2)14(4)11(3)15(13(16)17-14)12-8-6-5-7-9-12/h10,12H,3,5-9H2,1-2,4H3. The quantitative estimate of drug-likeness (QED) is 0.733. The summed E-state index contributed by atoms with van der Waals surface area (Å²) in [6, 6.07) is 0.310. The van der Waals surface area contributed by atoms with Crippen molar-refractivity contribution in [3.05, 3.63) is 12.3 Å². The van der Waals surface area contributed by atoms with Crippen molar-refractivity contribution in [2.45, 2.75) is 64.5 Å². The molecule has 1 aliphatic heterocycles. The molecule has 1 aliphatic carbocycles. The van der Waals surface area contributed by atoms with Crippen molar-refractivity contribution in [3.63, 3.8) is 0 Å². The Bertz CT molecular complexity index is 331. The maximum atomic E-state index is 12.0. The topological polar surface area (TPSA) is 29.5 Å². The van der Waals surface area contributed by atoms with E-state index in [4.69, 9.17) is 4.74 Å². The summed E-state index contributed by atoms with van der Waals surface area (Å²) in [5, 5.41) is 0. The van der Waals surface area contributed by atoms with E-state index in [0.717, 1.165) is 18.5 Å². The molecule has 0 N–H and O–H groups in total. The molecular formula is C14H23NO2. The Kier molecular flexibility index (Phi) is 3.19. The van der Waals surface area contributed by atoms with Gasteiger partial charge in [0.2, 0.25) is 0 Å². The van der Waals surface area contributed by atoms with Gasteiger partial charge < -0.3 is 4.74 Å². The minimum Gasteiger partial charge on any atom is -0.436 e. The van der Waals surface area contributed by atoms with Crippen LogP contribution in [0.3, 0.4) is 0 Å². The van der Waals surface area contributed by atoms with Gasteiger partial charge in [-0.1, -0.05) is 39.7 Å². The zero-order valence-corrected chi connectivity index (χ0v) is 11.2. The van der Waals surface area contributed by atoms with Gasteiger partial charge in [-0.15, -0.1) is 0 Å². The fourth-order valence-corrected chi connectivity index (χ4v) is 2.80. The smallest absolute Gasteiger partial charge is 0.415 e. The van der Waals surface area contributed by atoms with Crippen molar-refractivity contribution in [1.82, 2.24) is 4.90 Å². The number of nitrogens with zero attached hydrogens (tertiary/aromatic N) is 1. The minimum absolute atomic E-state index is 0.196. The molecule has 3 nitrogen and oxygen atoms in total. The first kappa shape index (κ1) is 12.5. The van der Waals surface area contributed by atoms with Gasteiger partial charge in [0.15, 0.2) is 5.60 Å². The van der Waals surface area contributed by atoms with Crippen LogP contribution in [0.25, 0.3) is 0 Å². The van der Waals surface area contributed by atoms with Crippen molar-refractivity contribution >= 4 is 6.09 Å². The fraction of sp³-hybridized carbons (Fsp3) is 0.786. The maximum absolute atomic E-state index is 12.0. The number of hydrogen-bond acceptors (Lipinski definition) is 2.